The number of carbonyl (C=O) groups excluding carboxylic acids is 1. The van der Waals surface area contributed by atoms with E-state index in [9.17, 15) is 20.0 Å². The zero-order valence-corrected chi connectivity index (χ0v) is 14.2. The molecule has 2 N–H and O–H groups in total. The van der Waals surface area contributed by atoms with Crippen LogP contribution in [0.2, 0.25) is 0 Å². The van der Waals surface area contributed by atoms with Crippen molar-refractivity contribution < 1.29 is 19.6 Å². The van der Waals surface area contributed by atoms with Crippen LogP contribution in [0.5, 0.6) is 11.5 Å². The topological polar surface area (TPSA) is 114 Å². The lowest BCUT2D eigenvalue weighted by atomic mass is 10.1. The van der Waals surface area contributed by atoms with Crippen LogP contribution >= 0.6 is 0 Å². The minimum atomic E-state index is -0.715. The number of nitro groups is 1. The molecule has 2 aromatic rings. The number of carbonyl (C=O) groups is 1. The van der Waals surface area contributed by atoms with E-state index in [1.54, 1.807) is 6.92 Å². The van der Waals surface area contributed by atoms with Gasteiger partial charge >= 0.3 is 5.69 Å². The number of hydrazone groups is 1. The molecule has 0 fully saturated rings. The van der Waals surface area contributed by atoms with Gasteiger partial charge in [-0.3, -0.25) is 14.9 Å². The fourth-order valence-electron chi connectivity index (χ4n) is 2.23. The molecule has 0 aromatic heterocycles. The Morgan fingerprint density at radius 2 is 2.08 bits per heavy atom. The summed E-state index contributed by atoms with van der Waals surface area (Å²) in [4.78, 5) is 22.1. The van der Waals surface area contributed by atoms with Crippen molar-refractivity contribution >= 4 is 17.8 Å². The Balaban J connectivity index is 2.00. The molecular formula is C18H19N3O5. The van der Waals surface area contributed by atoms with Gasteiger partial charge in [-0.25, -0.2) is 5.43 Å². The summed E-state index contributed by atoms with van der Waals surface area (Å²) < 4.78 is 5.18. The van der Waals surface area contributed by atoms with Gasteiger partial charge in [0.2, 0.25) is 11.7 Å². The van der Waals surface area contributed by atoms with Crippen LogP contribution < -0.4 is 10.2 Å². The number of phenolic OH excluding ortho intramolecular Hbond substituents is 1. The number of amides is 1. The molecule has 0 saturated heterocycles. The van der Waals surface area contributed by atoms with E-state index in [1.165, 1.54) is 12.3 Å². The zero-order chi connectivity index (χ0) is 18.9. The SMILES string of the molecule is CCOc1cc(/C=N/NC(=O)CCc2ccccc2)cc([N+](=O)[O-])c1O. The van der Waals surface area contributed by atoms with E-state index < -0.39 is 16.4 Å². The maximum absolute atomic E-state index is 11.8. The number of aromatic hydroxyl groups is 1. The molecule has 1 amide bonds. The lowest BCUT2D eigenvalue weighted by Gasteiger charge is -2.07. The van der Waals surface area contributed by atoms with E-state index in [2.05, 4.69) is 10.5 Å². The molecular weight excluding hydrogens is 338 g/mol. The van der Waals surface area contributed by atoms with Crippen LogP contribution in [-0.4, -0.2) is 28.8 Å². The van der Waals surface area contributed by atoms with E-state index in [0.717, 1.165) is 11.6 Å². The van der Waals surface area contributed by atoms with Crippen LogP contribution in [-0.2, 0) is 11.2 Å². The molecule has 0 aliphatic carbocycles. The summed E-state index contributed by atoms with van der Waals surface area (Å²) in [6.45, 7) is 1.93. The van der Waals surface area contributed by atoms with Gasteiger partial charge in [0, 0.05) is 18.1 Å². The molecule has 0 atom stereocenters. The van der Waals surface area contributed by atoms with Gasteiger partial charge in [-0.1, -0.05) is 30.3 Å². The third kappa shape index (κ3) is 5.30. The molecule has 0 bridgehead atoms. The number of aryl methyl sites for hydroxylation is 1. The first-order chi connectivity index (χ1) is 12.5. The molecule has 0 aliphatic heterocycles. The van der Waals surface area contributed by atoms with E-state index in [0.29, 0.717) is 12.0 Å². The van der Waals surface area contributed by atoms with Crippen LogP contribution in [0.1, 0.15) is 24.5 Å². The molecule has 0 radical (unpaired) electrons. The van der Waals surface area contributed by atoms with E-state index >= 15 is 0 Å². The van der Waals surface area contributed by atoms with Crippen molar-refractivity contribution in [1.29, 1.82) is 0 Å². The number of hydrogen-bond acceptors (Lipinski definition) is 6. The summed E-state index contributed by atoms with van der Waals surface area (Å²) >= 11 is 0. The Kier molecular flexibility index (Phi) is 6.67. The van der Waals surface area contributed by atoms with E-state index in [4.69, 9.17) is 4.74 Å². The summed E-state index contributed by atoms with van der Waals surface area (Å²) in [5, 5.41) is 24.6. The summed E-state index contributed by atoms with van der Waals surface area (Å²) in [7, 11) is 0. The maximum Gasteiger partial charge on any atom is 0.315 e. The van der Waals surface area contributed by atoms with Gasteiger partial charge in [0.15, 0.2) is 5.75 Å². The Hall–Kier alpha value is -3.42. The van der Waals surface area contributed by atoms with Crippen LogP contribution in [0.3, 0.4) is 0 Å². The third-order valence-electron chi connectivity index (χ3n) is 3.46. The number of hydrogen-bond donors (Lipinski definition) is 2. The Bertz CT molecular complexity index is 806. The number of nitro benzene ring substituents is 1. The fourth-order valence-corrected chi connectivity index (χ4v) is 2.23. The van der Waals surface area contributed by atoms with Gasteiger partial charge in [-0.2, -0.15) is 5.10 Å². The number of rotatable bonds is 8. The molecule has 0 spiro atoms. The Labute approximate surface area is 150 Å². The molecule has 8 nitrogen and oxygen atoms in total. The minimum absolute atomic E-state index is 0.0152. The summed E-state index contributed by atoms with van der Waals surface area (Å²) in [6, 6.07) is 12.1. The van der Waals surface area contributed by atoms with Crippen molar-refractivity contribution in [3.8, 4) is 11.5 Å². The molecule has 0 aliphatic rings. The summed E-state index contributed by atoms with van der Waals surface area (Å²) in [5.74, 6) is -0.831. The van der Waals surface area contributed by atoms with Gasteiger partial charge < -0.3 is 9.84 Å². The second-order valence-electron chi connectivity index (χ2n) is 5.36. The Morgan fingerprint density at radius 3 is 2.73 bits per heavy atom. The zero-order valence-electron chi connectivity index (χ0n) is 14.2. The Morgan fingerprint density at radius 1 is 1.35 bits per heavy atom. The molecule has 0 saturated carbocycles. The van der Waals surface area contributed by atoms with Gasteiger partial charge in [-0.05, 0) is 25.0 Å². The van der Waals surface area contributed by atoms with Crippen LogP contribution in [0.4, 0.5) is 5.69 Å². The van der Waals surface area contributed by atoms with Gasteiger partial charge in [-0.15, -0.1) is 0 Å². The predicted molar refractivity (Wildman–Crippen MR) is 96.4 cm³/mol. The van der Waals surface area contributed by atoms with Gasteiger partial charge in [0.25, 0.3) is 0 Å². The number of nitrogens with one attached hydrogen (secondary N) is 1. The first-order valence-electron chi connectivity index (χ1n) is 8.01. The second-order valence-corrected chi connectivity index (χ2v) is 5.36. The highest BCUT2D eigenvalue weighted by molar-refractivity contribution is 5.84. The van der Waals surface area contributed by atoms with Crippen molar-refractivity contribution in [2.24, 2.45) is 5.10 Å². The summed E-state index contributed by atoms with van der Waals surface area (Å²) in [5.41, 5.74) is 3.25. The molecule has 0 unspecified atom stereocenters. The quantitative estimate of drug-likeness (QED) is 0.428. The number of ether oxygens (including phenoxy) is 1. The lowest BCUT2D eigenvalue weighted by molar-refractivity contribution is -0.386. The molecule has 2 aromatic carbocycles. The first kappa shape index (κ1) is 18.9. The molecule has 2 rings (SSSR count). The highest BCUT2D eigenvalue weighted by Crippen LogP contribution is 2.36. The number of nitrogens with zero attached hydrogens (tertiary/aromatic N) is 2. The van der Waals surface area contributed by atoms with Crippen LogP contribution in [0.15, 0.2) is 47.6 Å². The highest BCUT2D eigenvalue weighted by atomic mass is 16.6. The van der Waals surface area contributed by atoms with Gasteiger partial charge in [0.1, 0.15) is 0 Å². The van der Waals surface area contributed by atoms with Gasteiger partial charge in [0.05, 0.1) is 17.7 Å². The van der Waals surface area contributed by atoms with Crippen molar-refractivity contribution in [1.82, 2.24) is 5.43 Å². The van der Waals surface area contributed by atoms with Crippen LogP contribution in [0, 0.1) is 10.1 Å². The number of benzene rings is 2. The monoisotopic (exact) mass is 357 g/mol. The van der Waals surface area contributed by atoms with E-state index in [1.807, 2.05) is 30.3 Å². The lowest BCUT2D eigenvalue weighted by Crippen LogP contribution is -2.17. The predicted octanol–water partition coefficient (Wildman–Crippen LogP) is 2.78. The second kappa shape index (κ2) is 9.16. The molecule has 136 valence electrons. The average Bonchev–Trinajstić information content (AvgIpc) is 2.63. The molecule has 0 heterocycles. The standard InChI is InChI=1S/C18H19N3O5/c1-2-26-16-11-14(10-15(18(16)23)21(24)25)12-19-20-17(22)9-8-13-6-4-3-5-7-13/h3-7,10-12,23H,2,8-9H2,1H3,(H,20,22)/b19-12+. The fraction of sp³-hybridized carbons (Fsp3) is 0.222. The molecule has 8 heteroatoms. The smallest absolute Gasteiger partial charge is 0.315 e. The largest absolute Gasteiger partial charge is 0.500 e. The summed E-state index contributed by atoms with van der Waals surface area (Å²) in [6.07, 6.45) is 2.11. The van der Waals surface area contributed by atoms with Crippen molar-refractivity contribution in [2.45, 2.75) is 19.8 Å². The normalized spacial score (nSPS) is 10.7. The highest BCUT2D eigenvalue weighted by Gasteiger charge is 2.19. The average molecular weight is 357 g/mol. The van der Waals surface area contributed by atoms with Crippen LogP contribution in [0.25, 0.3) is 0 Å². The van der Waals surface area contributed by atoms with Crippen molar-refractivity contribution in [2.75, 3.05) is 6.61 Å². The maximum atomic E-state index is 11.8. The van der Waals surface area contributed by atoms with E-state index in [-0.39, 0.29) is 24.7 Å². The minimum Gasteiger partial charge on any atom is -0.500 e. The molecule has 26 heavy (non-hydrogen) atoms. The number of phenols is 1. The van der Waals surface area contributed by atoms with Crippen molar-refractivity contribution in [3.63, 3.8) is 0 Å². The third-order valence-corrected chi connectivity index (χ3v) is 3.46. The van der Waals surface area contributed by atoms with Crippen molar-refractivity contribution in [3.05, 3.63) is 63.7 Å². The first-order valence-corrected chi connectivity index (χ1v) is 8.01.